The van der Waals surface area contributed by atoms with Crippen LogP contribution in [0.1, 0.15) is 33.0 Å². The molecule has 2 aromatic heterocycles. The first-order valence-corrected chi connectivity index (χ1v) is 11.4. The largest absolute Gasteiger partial charge is 0.487 e. The molecule has 1 saturated heterocycles. The van der Waals surface area contributed by atoms with Gasteiger partial charge >= 0.3 is 5.57 Å². The molecule has 1 aromatic carbocycles. The number of β-amino-alcohol motifs (C(OH)–C–C–N with tert-alkyl or cyclic N) is 1. The molecular formula is C23H21ClF2N6O4. The van der Waals surface area contributed by atoms with Gasteiger partial charge in [-0.05, 0) is 36.8 Å². The zero-order valence-corrected chi connectivity index (χ0v) is 19.7. The number of rotatable bonds is 6. The van der Waals surface area contributed by atoms with Gasteiger partial charge in [-0.3, -0.25) is 9.59 Å². The van der Waals surface area contributed by atoms with Crippen molar-refractivity contribution in [1.29, 1.82) is 0 Å². The third-order valence-electron chi connectivity index (χ3n) is 5.92. The predicted octanol–water partition coefficient (Wildman–Crippen LogP) is 3.05. The topological polar surface area (TPSA) is 124 Å². The molecule has 10 nitrogen and oxygen atoms in total. The second kappa shape index (κ2) is 9.03. The van der Waals surface area contributed by atoms with Gasteiger partial charge in [0.1, 0.15) is 17.4 Å². The molecule has 0 bridgehead atoms. The van der Waals surface area contributed by atoms with Crippen LogP contribution < -0.4 is 15.0 Å². The minimum atomic E-state index is -3.84. The number of nitrogens with one attached hydrogen (secondary N) is 2. The average molecular weight is 519 g/mol. The van der Waals surface area contributed by atoms with Gasteiger partial charge in [0, 0.05) is 43.6 Å². The number of anilines is 2. The summed E-state index contributed by atoms with van der Waals surface area (Å²) >= 11 is 4.77. The van der Waals surface area contributed by atoms with Crippen molar-refractivity contribution in [1.82, 2.24) is 19.9 Å². The van der Waals surface area contributed by atoms with Gasteiger partial charge in [0.05, 0.1) is 29.5 Å². The zero-order valence-electron chi connectivity index (χ0n) is 19.0. The van der Waals surface area contributed by atoms with Crippen LogP contribution in [0.15, 0.2) is 36.5 Å². The highest BCUT2D eigenvalue weighted by atomic mass is 35.5. The smallest absolute Gasteiger partial charge is 0.420 e. The monoisotopic (exact) mass is 518 g/mol. The molecule has 0 aliphatic carbocycles. The molecule has 2 aliphatic heterocycles. The van der Waals surface area contributed by atoms with Crippen LogP contribution in [0.2, 0.25) is 0 Å². The van der Waals surface area contributed by atoms with Crippen LogP contribution in [0, 0.1) is 0 Å². The summed E-state index contributed by atoms with van der Waals surface area (Å²) in [6, 6.07) is 6.88. The fourth-order valence-corrected chi connectivity index (χ4v) is 4.29. The van der Waals surface area contributed by atoms with E-state index in [1.165, 1.54) is 30.5 Å². The number of aromatic amines is 1. The number of fused-ring (bicyclic) bond motifs is 1. The molecule has 3 aromatic rings. The van der Waals surface area contributed by atoms with E-state index in [0.717, 1.165) is 0 Å². The molecule has 1 atom stereocenters. The molecule has 1 fully saturated rings. The number of H-pyrrole nitrogens is 1. The van der Waals surface area contributed by atoms with E-state index in [1.54, 1.807) is 18.0 Å². The van der Waals surface area contributed by atoms with Crippen molar-refractivity contribution in [2.24, 2.45) is 0 Å². The maximum atomic E-state index is 13.0. The second-order valence-corrected chi connectivity index (χ2v) is 9.02. The van der Waals surface area contributed by atoms with Crippen molar-refractivity contribution >= 4 is 34.9 Å². The number of carbonyl (C=O) groups excluding carboxylic acids is 2. The summed E-state index contributed by atoms with van der Waals surface area (Å²) in [5.74, 6) is 0.0540. The van der Waals surface area contributed by atoms with Crippen LogP contribution in [-0.4, -0.2) is 68.6 Å². The minimum Gasteiger partial charge on any atom is -0.420 e. The quantitative estimate of drug-likeness (QED) is 0.428. The number of imidazole rings is 1. The molecule has 4 heterocycles. The van der Waals surface area contributed by atoms with E-state index in [4.69, 9.17) is 11.6 Å². The Hall–Kier alpha value is -3.77. The summed E-state index contributed by atoms with van der Waals surface area (Å²) in [6.45, 7) is 1.34. The van der Waals surface area contributed by atoms with Crippen LogP contribution in [0.5, 0.6) is 5.75 Å². The first-order valence-electron chi connectivity index (χ1n) is 11.0. The molecule has 0 unspecified atom stereocenters. The van der Waals surface area contributed by atoms with Gasteiger partial charge in [0.15, 0.2) is 5.69 Å². The Balaban J connectivity index is 1.43. The molecule has 36 heavy (non-hydrogen) atoms. The second-order valence-electron chi connectivity index (χ2n) is 8.58. The van der Waals surface area contributed by atoms with E-state index >= 15 is 0 Å². The number of hydrogen-bond donors (Lipinski definition) is 3. The molecule has 188 valence electrons. The zero-order chi connectivity index (χ0) is 25.6. The van der Waals surface area contributed by atoms with Crippen LogP contribution in [-0.2, 0) is 6.54 Å². The SMILES string of the molecule is CN1Cc2[nH]c(-c3cc(C(=O)Nc4ccc(OC(F)(F)Cl)cc4)cnc3N3CC[C@@H](O)C3)nc2C1=O. The highest BCUT2D eigenvalue weighted by Crippen LogP contribution is 2.33. The van der Waals surface area contributed by atoms with Crippen LogP contribution in [0.4, 0.5) is 20.3 Å². The van der Waals surface area contributed by atoms with E-state index in [1.807, 2.05) is 4.90 Å². The lowest BCUT2D eigenvalue weighted by Crippen LogP contribution is -2.24. The average Bonchev–Trinajstić information content (AvgIpc) is 3.50. The number of benzene rings is 1. The number of amides is 2. The molecule has 13 heteroatoms. The number of aliphatic hydroxyl groups is 1. The standard InChI is InChI=1S/C23H21ClF2N6O4/c1-31-11-17-18(22(31)35)30-19(29-17)16-8-12(9-27-20(16)32-7-6-14(33)10-32)21(34)28-13-2-4-15(5-3-13)36-23(24,25)26/h2-5,8-9,14,33H,6-7,10-11H2,1H3,(H,28,34)(H,29,30)/t14-/m1/s1. The van der Waals surface area contributed by atoms with E-state index in [9.17, 15) is 23.5 Å². The highest BCUT2D eigenvalue weighted by Gasteiger charge is 2.31. The Labute approximate surface area is 208 Å². The molecule has 3 N–H and O–H groups in total. The van der Waals surface area contributed by atoms with Crippen LogP contribution >= 0.6 is 11.6 Å². The molecule has 5 rings (SSSR count). The van der Waals surface area contributed by atoms with E-state index in [-0.39, 0.29) is 17.2 Å². The number of ether oxygens (including phenoxy) is 1. The molecular weight excluding hydrogens is 498 g/mol. The summed E-state index contributed by atoms with van der Waals surface area (Å²) in [5, 5.41) is 12.7. The third-order valence-corrected chi connectivity index (χ3v) is 5.99. The Morgan fingerprint density at radius 1 is 1.33 bits per heavy atom. The van der Waals surface area contributed by atoms with Crippen molar-refractivity contribution in [3.8, 4) is 17.1 Å². The van der Waals surface area contributed by atoms with Crippen LogP contribution in [0.25, 0.3) is 11.4 Å². The number of carbonyl (C=O) groups is 2. The number of nitrogens with zero attached hydrogens (tertiary/aromatic N) is 4. The number of halogens is 3. The highest BCUT2D eigenvalue weighted by molar-refractivity contribution is 6.20. The van der Waals surface area contributed by atoms with E-state index in [0.29, 0.717) is 60.3 Å². The molecule has 2 amide bonds. The van der Waals surface area contributed by atoms with Crippen molar-refractivity contribution < 1.29 is 28.2 Å². The van der Waals surface area contributed by atoms with Gasteiger partial charge in [0.2, 0.25) is 0 Å². The Morgan fingerprint density at radius 2 is 2.08 bits per heavy atom. The van der Waals surface area contributed by atoms with Gasteiger partial charge in [-0.15, -0.1) is 8.78 Å². The normalized spacial score (nSPS) is 17.5. The van der Waals surface area contributed by atoms with Crippen molar-refractivity contribution in [2.45, 2.75) is 24.6 Å². The first kappa shape index (κ1) is 23.9. The maximum Gasteiger partial charge on any atom is 0.487 e. The van der Waals surface area contributed by atoms with E-state index < -0.39 is 17.6 Å². The van der Waals surface area contributed by atoms with Gasteiger partial charge in [-0.1, -0.05) is 0 Å². The van der Waals surface area contributed by atoms with Crippen molar-refractivity contribution in [2.75, 3.05) is 30.4 Å². The summed E-state index contributed by atoms with van der Waals surface area (Å²) < 4.78 is 29.9. The van der Waals surface area contributed by atoms with Crippen molar-refractivity contribution in [3.63, 3.8) is 0 Å². The van der Waals surface area contributed by atoms with Gasteiger partial charge in [-0.2, -0.15) is 0 Å². The number of aliphatic hydroxyl groups excluding tert-OH is 1. The lowest BCUT2D eigenvalue weighted by Gasteiger charge is -2.20. The lowest BCUT2D eigenvalue weighted by molar-refractivity contribution is -0.0964. The van der Waals surface area contributed by atoms with Gasteiger partial charge in [-0.25, -0.2) is 9.97 Å². The lowest BCUT2D eigenvalue weighted by atomic mass is 10.1. The summed E-state index contributed by atoms with van der Waals surface area (Å²) in [4.78, 5) is 40.9. The first-order chi connectivity index (χ1) is 17.1. The molecule has 0 spiro atoms. The third kappa shape index (κ3) is 4.82. The minimum absolute atomic E-state index is 0.167. The fourth-order valence-electron chi connectivity index (χ4n) is 4.20. The Kier molecular flexibility index (Phi) is 6.00. The maximum absolute atomic E-state index is 13.0. The number of hydrogen-bond acceptors (Lipinski definition) is 7. The van der Waals surface area contributed by atoms with Crippen molar-refractivity contribution in [3.05, 3.63) is 53.5 Å². The van der Waals surface area contributed by atoms with E-state index in [2.05, 4.69) is 25.0 Å². The summed E-state index contributed by atoms with van der Waals surface area (Å²) in [5.41, 5.74) is -1.80. The Morgan fingerprint density at radius 3 is 2.72 bits per heavy atom. The fraction of sp³-hybridized carbons (Fsp3) is 0.304. The predicted molar refractivity (Wildman–Crippen MR) is 126 cm³/mol. The van der Waals surface area contributed by atoms with Gasteiger partial charge < -0.3 is 29.9 Å². The molecule has 0 saturated carbocycles. The van der Waals surface area contributed by atoms with Crippen LogP contribution in [0.3, 0.4) is 0 Å². The number of pyridine rings is 1. The summed E-state index contributed by atoms with van der Waals surface area (Å²) in [7, 11) is 1.68. The van der Waals surface area contributed by atoms with Gasteiger partial charge in [0.25, 0.3) is 11.8 Å². The number of alkyl halides is 3. The Bertz CT molecular complexity index is 1330. The molecule has 0 radical (unpaired) electrons. The summed E-state index contributed by atoms with van der Waals surface area (Å²) in [6.07, 6.45) is 1.49. The number of aromatic nitrogens is 3. The molecule has 2 aliphatic rings.